The number of hydrogen-bond donors (Lipinski definition) is 3. The summed E-state index contributed by atoms with van der Waals surface area (Å²) in [5.41, 5.74) is 0. The molecule has 0 heterocycles. The van der Waals surface area contributed by atoms with Crippen molar-refractivity contribution in [3.63, 3.8) is 0 Å². The molecule has 0 aromatic rings. The Morgan fingerprint density at radius 2 is 0.495 bits per heavy atom. The van der Waals surface area contributed by atoms with Crippen LogP contribution in [0.4, 0.5) is 0 Å². The highest BCUT2D eigenvalue weighted by Gasteiger charge is 2.30. The second kappa shape index (κ2) is 74.2. The number of carbonyl (C=O) groups excluding carboxylic acids is 4. The molecule has 0 aromatic carbocycles. The molecule has 103 heavy (non-hydrogen) atoms. The van der Waals surface area contributed by atoms with Gasteiger partial charge in [0.05, 0.1) is 26.4 Å². The van der Waals surface area contributed by atoms with Crippen LogP contribution in [0.15, 0.2) is 0 Å². The predicted molar refractivity (Wildman–Crippen MR) is 423 cm³/mol. The highest BCUT2D eigenvalue weighted by atomic mass is 31.2. The van der Waals surface area contributed by atoms with E-state index in [1.807, 2.05) is 0 Å². The number of rotatable bonds is 82. The molecule has 0 radical (unpaired) electrons. The van der Waals surface area contributed by atoms with Crippen molar-refractivity contribution in [3.05, 3.63) is 0 Å². The fraction of sp³-hybridized carbons (Fsp3) is 0.952. The van der Waals surface area contributed by atoms with Crippen LogP contribution in [-0.4, -0.2) is 96.7 Å². The monoisotopic (exact) mass is 1510 g/mol. The maximum atomic E-state index is 13.1. The first-order valence-electron chi connectivity index (χ1n) is 43.4. The van der Waals surface area contributed by atoms with E-state index >= 15 is 0 Å². The third-order valence-corrected chi connectivity index (χ3v) is 21.9. The van der Waals surface area contributed by atoms with Crippen molar-refractivity contribution in [2.24, 2.45) is 17.8 Å². The first-order chi connectivity index (χ1) is 49.8. The third-order valence-electron chi connectivity index (χ3n) is 20.0. The molecule has 0 fully saturated rings. The second-order valence-electron chi connectivity index (χ2n) is 31.4. The first-order valence-corrected chi connectivity index (χ1v) is 46.4. The number of unbranched alkanes of at least 4 members (excludes halogenated alkanes) is 49. The number of aliphatic hydroxyl groups is 1. The van der Waals surface area contributed by atoms with E-state index in [1.54, 1.807) is 0 Å². The van der Waals surface area contributed by atoms with E-state index in [9.17, 15) is 43.2 Å². The summed E-state index contributed by atoms with van der Waals surface area (Å²) in [6.45, 7) is 12.0. The zero-order valence-corrected chi connectivity index (χ0v) is 69.6. The van der Waals surface area contributed by atoms with Gasteiger partial charge in [-0.1, -0.05) is 389 Å². The van der Waals surface area contributed by atoms with E-state index in [-0.39, 0.29) is 25.7 Å². The maximum Gasteiger partial charge on any atom is 0.472 e. The summed E-state index contributed by atoms with van der Waals surface area (Å²) in [4.78, 5) is 73.1. The Bertz CT molecular complexity index is 1990. The Morgan fingerprint density at radius 1 is 0.282 bits per heavy atom. The average molecular weight is 1510 g/mol. The van der Waals surface area contributed by atoms with Gasteiger partial charge in [-0.3, -0.25) is 37.3 Å². The van der Waals surface area contributed by atoms with Crippen LogP contribution in [0.5, 0.6) is 0 Å². The summed E-state index contributed by atoms with van der Waals surface area (Å²) in [5.74, 6) is 0.238. The molecule has 0 aliphatic heterocycles. The highest BCUT2D eigenvalue weighted by molar-refractivity contribution is 7.47. The van der Waals surface area contributed by atoms with E-state index < -0.39 is 97.5 Å². The summed E-state index contributed by atoms with van der Waals surface area (Å²) in [7, 11) is -9.93. The normalized spacial score (nSPS) is 14.2. The van der Waals surface area contributed by atoms with Crippen LogP contribution in [-0.2, 0) is 65.4 Å². The molecule has 0 saturated carbocycles. The molecule has 0 aromatic heterocycles. The molecule has 19 heteroatoms. The van der Waals surface area contributed by atoms with Crippen molar-refractivity contribution in [1.82, 2.24) is 0 Å². The predicted octanol–water partition coefficient (Wildman–Crippen LogP) is 25.3. The number of aliphatic hydroxyl groups excluding tert-OH is 1. The average Bonchev–Trinajstić information content (AvgIpc) is 0.994. The minimum atomic E-state index is -4.96. The molecule has 0 aliphatic carbocycles. The zero-order chi connectivity index (χ0) is 75.8. The molecule has 612 valence electrons. The Morgan fingerprint density at radius 3 is 0.738 bits per heavy atom. The maximum absolute atomic E-state index is 13.1. The largest absolute Gasteiger partial charge is 0.472 e. The Balaban J connectivity index is 5.24. The van der Waals surface area contributed by atoms with E-state index in [1.165, 1.54) is 244 Å². The SMILES string of the molecule is CCCCCCCCCCCCCCCCCCCCC(=O)OC[C@H](COP(=O)(O)OC[C@@H](O)COP(=O)(O)OC[C@@H](COC(=O)CCCCCCCCCC(C)C)OC(=O)CCCCCCCCCCCCCCCCC(C)C)OC(=O)CCCCCCCCCCCCCCCCC(C)CC. The molecule has 0 saturated heterocycles. The lowest BCUT2D eigenvalue weighted by atomic mass is 9.99. The smallest absolute Gasteiger partial charge is 0.462 e. The summed E-state index contributed by atoms with van der Waals surface area (Å²) in [6, 6.07) is 0. The summed E-state index contributed by atoms with van der Waals surface area (Å²) in [5, 5.41) is 10.7. The lowest BCUT2D eigenvalue weighted by Gasteiger charge is -2.21. The standard InChI is InChI=1S/C84H164O17P2/c1-8-10-11-12-13-14-15-16-17-18-19-20-27-32-37-44-51-58-65-81(86)94-71-79(100-83(88)67-61-54-46-39-34-29-24-22-26-31-36-43-50-57-64-77(7)9-2)73-98-102(90,91)96-69-78(85)70-97-103(92,93)99-74-80(72-95-82(87)66-59-52-47-40-42-49-56-63-76(5)6)101-84(89)68-60-53-45-38-33-28-23-21-25-30-35-41-48-55-62-75(3)4/h75-80,85H,8-74H2,1-7H3,(H,90,91)(H,92,93)/t77?,78-,79-,80-/m1/s1. The molecule has 0 aliphatic rings. The molecule has 0 bridgehead atoms. The molecular formula is C84H164O17P2. The topological polar surface area (TPSA) is 237 Å². The summed E-state index contributed by atoms with van der Waals surface area (Å²) >= 11 is 0. The van der Waals surface area contributed by atoms with Crippen molar-refractivity contribution in [3.8, 4) is 0 Å². The van der Waals surface area contributed by atoms with E-state index in [4.69, 9.17) is 37.0 Å². The van der Waals surface area contributed by atoms with Crippen molar-refractivity contribution in [2.75, 3.05) is 39.6 Å². The van der Waals surface area contributed by atoms with Crippen LogP contribution in [0.25, 0.3) is 0 Å². The summed E-state index contributed by atoms with van der Waals surface area (Å²) in [6.07, 6.45) is 63.8. The van der Waals surface area contributed by atoms with Gasteiger partial charge >= 0.3 is 39.5 Å². The van der Waals surface area contributed by atoms with Crippen LogP contribution in [0.1, 0.15) is 440 Å². The van der Waals surface area contributed by atoms with Crippen molar-refractivity contribution >= 4 is 39.5 Å². The van der Waals surface area contributed by atoms with E-state index in [2.05, 4.69) is 48.5 Å². The van der Waals surface area contributed by atoms with Gasteiger partial charge in [0.15, 0.2) is 12.2 Å². The second-order valence-corrected chi connectivity index (χ2v) is 34.3. The molecule has 0 rings (SSSR count). The lowest BCUT2D eigenvalue weighted by molar-refractivity contribution is -0.161. The van der Waals surface area contributed by atoms with Crippen molar-refractivity contribution < 1.29 is 80.2 Å². The van der Waals surface area contributed by atoms with Gasteiger partial charge in [0.2, 0.25) is 0 Å². The van der Waals surface area contributed by atoms with Gasteiger partial charge in [0.1, 0.15) is 19.3 Å². The van der Waals surface area contributed by atoms with Crippen molar-refractivity contribution in [1.29, 1.82) is 0 Å². The summed E-state index contributed by atoms with van der Waals surface area (Å²) < 4.78 is 68.8. The van der Waals surface area contributed by atoms with Crippen LogP contribution in [0, 0.1) is 17.8 Å². The van der Waals surface area contributed by atoms with Crippen LogP contribution < -0.4 is 0 Å². The highest BCUT2D eigenvalue weighted by Crippen LogP contribution is 2.45. The molecule has 17 nitrogen and oxygen atoms in total. The molecule has 0 amide bonds. The molecule has 0 spiro atoms. The van der Waals surface area contributed by atoms with E-state index in [0.717, 1.165) is 108 Å². The minimum Gasteiger partial charge on any atom is -0.462 e. The first kappa shape index (κ1) is 101. The Hall–Kier alpha value is -1.94. The molecule has 6 atom stereocenters. The quantitative estimate of drug-likeness (QED) is 0.0222. The van der Waals surface area contributed by atoms with Gasteiger partial charge in [-0.2, -0.15) is 0 Å². The van der Waals surface area contributed by atoms with Gasteiger partial charge in [-0.15, -0.1) is 0 Å². The number of phosphoric acid groups is 2. The Labute approximate surface area is 632 Å². The number of ether oxygens (including phenoxy) is 4. The molecule has 3 unspecified atom stereocenters. The fourth-order valence-electron chi connectivity index (χ4n) is 13.0. The van der Waals surface area contributed by atoms with Gasteiger partial charge in [-0.05, 0) is 43.4 Å². The van der Waals surface area contributed by atoms with Crippen LogP contribution >= 0.6 is 15.6 Å². The van der Waals surface area contributed by atoms with Gasteiger partial charge < -0.3 is 33.8 Å². The fourth-order valence-corrected chi connectivity index (χ4v) is 14.6. The number of hydrogen-bond acceptors (Lipinski definition) is 15. The minimum absolute atomic E-state index is 0.107. The van der Waals surface area contributed by atoms with Crippen LogP contribution in [0.2, 0.25) is 0 Å². The zero-order valence-electron chi connectivity index (χ0n) is 67.8. The van der Waals surface area contributed by atoms with E-state index in [0.29, 0.717) is 31.6 Å². The molecule has 3 N–H and O–H groups in total. The number of esters is 4. The lowest BCUT2D eigenvalue weighted by Crippen LogP contribution is -2.30. The number of carbonyl (C=O) groups is 4. The van der Waals surface area contributed by atoms with Gasteiger partial charge in [0.25, 0.3) is 0 Å². The van der Waals surface area contributed by atoms with Crippen LogP contribution in [0.3, 0.4) is 0 Å². The van der Waals surface area contributed by atoms with Gasteiger partial charge in [-0.25, -0.2) is 9.13 Å². The Kier molecular flexibility index (Phi) is 72.8. The van der Waals surface area contributed by atoms with Gasteiger partial charge in [0, 0.05) is 25.7 Å². The third kappa shape index (κ3) is 76.6. The number of phosphoric ester groups is 2. The van der Waals surface area contributed by atoms with Crippen molar-refractivity contribution in [2.45, 2.75) is 458 Å². The molecular weight excluding hydrogens is 1340 g/mol.